The van der Waals surface area contributed by atoms with Gasteiger partial charge >= 0.3 is 0 Å². The Morgan fingerprint density at radius 3 is 2.53 bits per heavy atom. The van der Waals surface area contributed by atoms with Gasteiger partial charge in [0.2, 0.25) is 0 Å². The van der Waals surface area contributed by atoms with Crippen LogP contribution in [0, 0.1) is 5.92 Å². The van der Waals surface area contributed by atoms with Crippen molar-refractivity contribution in [3.8, 4) is 0 Å². The van der Waals surface area contributed by atoms with Crippen LogP contribution in [-0.4, -0.2) is 7.05 Å². The van der Waals surface area contributed by atoms with Gasteiger partial charge in [-0.25, -0.2) is 0 Å². The van der Waals surface area contributed by atoms with Crippen LogP contribution in [0.15, 0.2) is 60.8 Å². The van der Waals surface area contributed by atoms with Crippen LogP contribution < -0.4 is 5.32 Å². The fourth-order valence-corrected chi connectivity index (χ4v) is 2.68. The van der Waals surface area contributed by atoms with Gasteiger partial charge in [-0.05, 0) is 47.7 Å². The normalized spacial score (nSPS) is 17.0. The van der Waals surface area contributed by atoms with Crippen LogP contribution in [0.2, 0.25) is 0 Å². The lowest BCUT2D eigenvalue weighted by Gasteiger charge is -2.12. The number of hydrogen-bond acceptors (Lipinski definition) is 1. The molecule has 1 aromatic rings. The van der Waals surface area contributed by atoms with Crippen molar-refractivity contribution in [2.75, 3.05) is 7.05 Å². The first-order valence-corrected chi connectivity index (χ1v) is 7.11. The molecule has 100 valence electrons. The van der Waals surface area contributed by atoms with Gasteiger partial charge in [-0.1, -0.05) is 55.8 Å². The highest BCUT2D eigenvalue weighted by molar-refractivity contribution is 5.73. The summed E-state index contributed by atoms with van der Waals surface area (Å²) in [5, 5.41) is 3.08. The Labute approximate surface area is 116 Å². The molecule has 1 N–H and O–H groups in total. The second kappa shape index (κ2) is 6.98. The van der Waals surface area contributed by atoms with E-state index in [1.807, 2.05) is 19.3 Å². The third-order valence-corrected chi connectivity index (χ3v) is 3.75. The van der Waals surface area contributed by atoms with Crippen LogP contribution >= 0.6 is 0 Å². The van der Waals surface area contributed by atoms with E-state index in [0.717, 1.165) is 5.57 Å². The third-order valence-electron chi connectivity index (χ3n) is 3.75. The van der Waals surface area contributed by atoms with E-state index in [-0.39, 0.29) is 0 Å². The Morgan fingerprint density at radius 2 is 1.89 bits per heavy atom. The maximum atomic E-state index is 4.21. The van der Waals surface area contributed by atoms with Crippen LogP contribution in [0.25, 0.3) is 5.57 Å². The lowest BCUT2D eigenvalue weighted by atomic mass is 9.94. The van der Waals surface area contributed by atoms with Gasteiger partial charge in [0.15, 0.2) is 0 Å². The van der Waals surface area contributed by atoms with Crippen LogP contribution in [0.3, 0.4) is 0 Å². The summed E-state index contributed by atoms with van der Waals surface area (Å²) in [4.78, 5) is 0. The third kappa shape index (κ3) is 3.85. The number of hydrogen-bond donors (Lipinski definition) is 1. The van der Waals surface area contributed by atoms with Crippen LogP contribution in [0.1, 0.15) is 31.2 Å². The van der Waals surface area contributed by atoms with Gasteiger partial charge in [-0.2, -0.15) is 0 Å². The minimum Gasteiger partial charge on any atom is -0.394 e. The molecular formula is C18H23N. The first kappa shape index (κ1) is 13.7. The van der Waals surface area contributed by atoms with Crippen molar-refractivity contribution in [1.29, 1.82) is 0 Å². The van der Waals surface area contributed by atoms with Crippen LogP contribution in [0.5, 0.6) is 0 Å². The van der Waals surface area contributed by atoms with Gasteiger partial charge in [0, 0.05) is 7.05 Å². The highest BCUT2D eigenvalue weighted by Gasteiger charge is 2.17. The van der Waals surface area contributed by atoms with Crippen molar-refractivity contribution in [2.45, 2.75) is 25.7 Å². The zero-order valence-electron chi connectivity index (χ0n) is 11.7. The molecule has 1 fully saturated rings. The molecule has 0 atom stereocenters. The average Bonchev–Trinajstić information content (AvgIpc) is 2.98. The average molecular weight is 253 g/mol. The maximum absolute atomic E-state index is 4.21. The first-order valence-electron chi connectivity index (χ1n) is 7.11. The molecule has 1 saturated carbocycles. The van der Waals surface area contributed by atoms with Gasteiger partial charge in [-0.15, -0.1) is 0 Å². The summed E-state index contributed by atoms with van der Waals surface area (Å²) in [7, 11) is 1.94. The summed E-state index contributed by atoms with van der Waals surface area (Å²) >= 11 is 0. The van der Waals surface area contributed by atoms with Crippen LogP contribution in [-0.2, 0) is 0 Å². The molecule has 1 nitrogen and oxygen atoms in total. The predicted molar refractivity (Wildman–Crippen MR) is 83.7 cm³/mol. The van der Waals surface area contributed by atoms with E-state index in [4.69, 9.17) is 0 Å². The Kier molecular flexibility index (Phi) is 5.02. The van der Waals surface area contributed by atoms with E-state index in [2.05, 4.69) is 48.3 Å². The molecule has 19 heavy (non-hydrogen) atoms. The second-order valence-electron chi connectivity index (χ2n) is 5.14. The zero-order chi connectivity index (χ0) is 13.5. The smallest absolute Gasteiger partial charge is 0.00277 e. The van der Waals surface area contributed by atoms with Crippen molar-refractivity contribution in [3.05, 3.63) is 66.4 Å². The molecule has 1 heteroatoms. The molecule has 0 spiro atoms. The van der Waals surface area contributed by atoms with Crippen LogP contribution in [0.4, 0.5) is 0 Å². The number of nitrogens with one attached hydrogen (secondary N) is 1. The van der Waals surface area contributed by atoms with Gasteiger partial charge in [-0.3, -0.25) is 0 Å². The van der Waals surface area contributed by atoms with E-state index < -0.39 is 0 Å². The van der Waals surface area contributed by atoms with Gasteiger partial charge < -0.3 is 5.32 Å². The maximum Gasteiger partial charge on any atom is 0.00277 e. The Morgan fingerprint density at radius 1 is 1.21 bits per heavy atom. The molecule has 0 radical (unpaired) electrons. The quantitative estimate of drug-likeness (QED) is 0.759. The topological polar surface area (TPSA) is 12.0 Å². The molecular weight excluding hydrogens is 230 g/mol. The van der Waals surface area contributed by atoms with Gasteiger partial charge in [0.1, 0.15) is 0 Å². The highest BCUT2D eigenvalue weighted by Crippen LogP contribution is 2.33. The minimum absolute atomic E-state index is 0.699. The molecule has 0 amide bonds. The summed E-state index contributed by atoms with van der Waals surface area (Å²) in [6.45, 7) is 4.21. The molecule has 0 unspecified atom stereocenters. The molecule has 0 bridgehead atoms. The van der Waals surface area contributed by atoms with Gasteiger partial charge in [0.25, 0.3) is 0 Å². The molecule has 2 rings (SSSR count). The molecule has 0 heterocycles. The number of benzene rings is 1. The standard InChI is InChI=1S/C18H23N/c1-15(16-8-4-3-5-9-16)14-18(12-13-19-2)17-10-6-7-11-17/h3-5,8-9,12-14,17,19H,1,6-7,10-11H2,2H3/b13-12-,18-14+. The lowest BCUT2D eigenvalue weighted by Crippen LogP contribution is -1.99. The Bertz CT molecular complexity index is 462. The summed E-state index contributed by atoms with van der Waals surface area (Å²) in [6, 6.07) is 10.4. The molecule has 0 saturated heterocycles. The van der Waals surface area contributed by atoms with Crippen molar-refractivity contribution >= 4 is 5.57 Å². The summed E-state index contributed by atoms with van der Waals surface area (Å²) < 4.78 is 0. The fourth-order valence-electron chi connectivity index (χ4n) is 2.68. The monoisotopic (exact) mass is 253 g/mol. The zero-order valence-corrected chi connectivity index (χ0v) is 11.7. The molecule has 1 aromatic carbocycles. The number of allylic oxidation sites excluding steroid dienone is 4. The Hall–Kier alpha value is -1.76. The van der Waals surface area contributed by atoms with Crippen molar-refractivity contribution < 1.29 is 0 Å². The largest absolute Gasteiger partial charge is 0.394 e. The SMILES string of the molecule is C=C(/C=C(\C=C/NC)C1CCCC1)c1ccccc1. The summed E-state index contributed by atoms with van der Waals surface area (Å²) in [6.07, 6.45) is 11.8. The highest BCUT2D eigenvalue weighted by atomic mass is 14.8. The fraction of sp³-hybridized carbons (Fsp3) is 0.333. The minimum atomic E-state index is 0.699. The second-order valence-corrected chi connectivity index (χ2v) is 5.14. The molecule has 1 aliphatic rings. The van der Waals surface area contributed by atoms with E-state index >= 15 is 0 Å². The van der Waals surface area contributed by atoms with Crippen molar-refractivity contribution in [1.82, 2.24) is 5.32 Å². The number of rotatable bonds is 5. The molecule has 0 aromatic heterocycles. The Balaban J connectivity index is 2.19. The van der Waals surface area contributed by atoms with E-state index in [1.54, 1.807) is 0 Å². The first-order chi connectivity index (χ1) is 9.31. The van der Waals surface area contributed by atoms with E-state index in [0.29, 0.717) is 5.92 Å². The van der Waals surface area contributed by atoms with E-state index in [1.165, 1.54) is 36.8 Å². The van der Waals surface area contributed by atoms with Crippen molar-refractivity contribution in [3.63, 3.8) is 0 Å². The van der Waals surface area contributed by atoms with Gasteiger partial charge in [0.05, 0.1) is 0 Å². The predicted octanol–water partition coefficient (Wildman–Crippen LogP) is 4.55. The van der Waals surface area contributed by atoms with Crippen molar-refractivity contribution in [2.24, 2.45) is 5.92 Å². The summed E-state index contributed by atoms with van der Waals surface area (Å²) in [5.41, 5.74) is 3.71. The summed E-state index contributed by atoms with van der Waals surface area (Å²) in [5.74, 6) is 0.699. The lowest BCUT2D eigenvalue weighted by molar-refractivity contribution is 0.657. The van der Waals surface area contributed by atoms with E-state index in [9.17, 15) is 0 Å². The molecule has 1 aliphatic carbocycles. The molecule has 0 aliphatic heterocycles.